The van der Waals surface area contributed by atoms with Crippen molar-refractivity contribution in [2.24, 2.45) is 0 Å². The van der Waals surface area contributed by atoms with E-state index in [0.29, 0.717) is 19.8 Å². The maximum Gasteiger partial charge on any atom is 0.100 e. The second kappa shape index (κ2) is 4.23. The SMILES string of the molecule is c1ccc2c(c1)cnn2CC1COCCO1. The van der Waals surface area contributed by atoms with E-state index in [-0.39, 0.29) is 6.10 Å². The molecule has 1 unspecified atom stereocenters. The first-order valence-electron chi connectivity index (χ1n) is 5.53. The number of rotatable bonds is 2. The fraction of sp³-hybridized carbons (Fsp3) is 0.417. The molecule has 0 saturated carbocycles. The smallest absolute Gasteiger partial charge is 0.100 e. The Balaban J connectivity index is 1.83. The van der Waals surface area contributed by atoms with Crippen LogP contribution in [-0.2, 0) is 16.0 Å². The molecule has 0 bridgehead atoms. The van der Waals surface area contributed by atoms with Crippen molar-refractivity contribution in [1.82, 2.24) is 9.78 Å². The molecule has 1 aliphatic rings. The van der Waals surface area contributed by atoms with Crippen molar-refractivity contribution in [3.63, 3.8) is 0 Å². The second-order valence-corrected chi connectivity index (χ2v) is 3.95. The molecule has 1 saturated heterocycles. The number of para-hydroxylation sites is 1. The summed E-state index contributed by atoms with van der Waals surface area (Å²) >= 11 is 0. The first-order chi connectivity index (χ1) is 7.93. The molecule has 0 aliphatic carbocycles. The molecule has 16 heavy (non-hydrogen) atoms. The highest BCUT2D eigenvalue weighted by Gasteiger charge is 2.16. The van der Waals surface area contributed by atoms with Crippen molar-refractivity contribution in [2.75, 3.05) is 19.8 Å². The average Bonchev–Trinajstić information content (AvgIpc) is 2.74. The normalized spacial score (nSPS) is 21.4. The molecule has 0 spiro atoms. The Labute approximate surface area is 93.8 Å². The first-order valence-corrected chi connectivity index (χ1v) is 5.53. The summed E-state index contributed by atoms with van der Waals surface area (Å²) in [6, 6.07) is 8.19. The Morgan fingerprint density at radius 3 is 3.12 bits per heavy atom. The second-order valence-electron chi connectivity index (χ2n) is 3.95. The molecule has 84 valence electrons. The number of aromatic nitrogens is 2. The monoisotopic (exact) mass is 218 g/mol. The number of fused-ring (bicyclic) bond motifs is 1. The third kappa shape index (κ3) is 1.81. The van der Waals surface area contributed by atoms with Crippen LogP contribution >= 0.6 is 0 Å². The quantitative estimate of drug-likeness (QED) is 0.765. The van der Waals surface area contributed by atoms with E-state index in [9.17, 15) is 0 Å². The summed E-state index contributed by atoms with van der Waals surface area (Å²) in [5, 5.41) is 5.54. The van der Waals surface area contributed by atoms with E-state index in [0.717, 1.165) is 12.1 Å². The van der Waals surface area contributed by atoms with Crippen molar-refractivity contribution in [3.05, 3.63) is 30.5 Å². The van der Waals surface area contributed by atoms with E-state index in [1.54, 1.807) is 0 Å². The number of benzene rings is 1. The van der Waals surface area contributed by atoms with Gasteiger partial charge in [-0.05, 0) is 6.07 Å². The van der Waals surface area contributed by atoms with Gasteiger partial charge in [0.2, 0.25) is 0 Å². The minimum absolute atomic E-state index is 0.122. The average molecular weight is 218 g/mol. The number of hydrogen-bond acceptors (Lipinski definition) is 3. The zero-order chi connectivity index (χ0) is 10.8. The van der Waals surface area contributed by atoms with Crippen LogP contribution in [0, 0.1) is 0 Å². The fourth-order valence-electron chi connectivity index (χ4n) is 2.01. The van der Waals surface area contributed by atoms with Gasteiger partial charge in [-0.1, -0.05) is 18.2 Å². The summed E-state index contributed by atoms with van der Waals surface area (Å²) in [5.41, 5.74) is 1.15. The van der Waals surface area contributed by atoms with Crippen molar-refractivity contribution in [2.45, 2.75) is 12.6 Å². The van der Waals surface area contributed by atoms with E-state index in [2.05, 4.69) is 17.2 Å². The molecule has 0 amide bonds. The van der Waals surface area contributed by atoms with Crippen LogP contribution in [0.4, 0.5) is 0 Å². The predicted octanol–water partition coefficient (Wildman–Crippen LogP) is 1.45. The minimum atomic E-state index is 0.122. The zero-order valence-corrected chi connectivity index (χ0v) is 9.00. The van der Waals surface area contributed by atoms with Crippen molar-refractivity contribution >= 4 is 10.9 Å². The Kier molecular flexibility index (Phi) is 2.60. The van der Waals surface area contributed by atoms with Crippen LogP contribution in [0.15, 0.2) is 30.5 Å². The van der Waals surface area contributed by atoms with Gasteiger partial charge in [-0.3, -0.25) is 4.68 Å². The third-order valence-corrected chi connectivity index (χ3v) is 2.81. The maximum atomic E-state index is 5.61. The highest BCUT2D eigenvalue weighted by Crippen LogP contribution is 2.14. The lowest BCUT2D eigenvalue weighted by Crippen LogP contribution is -2.32. The standard InChI is InChI=1S/C12H14N2O2/c1-2-4-12-10(3-1)7-13-14(12)8-11-9-15-5-6-16-11/h1-4,7,11H,5-6,8-9H2. The van der Waals surface area contributed by atoms with E-state index in [1.165, 1.54) is 5.39 Å². The molecule has 4 heteroatoms. The molecule has 0 N–H and O–H groups in total. The molecule has 1 aromatic heterocycles. The van der Waals surface area contributed by atoms with Gasteiger partial charge in [0.25, 0.3) is 0 Å². The van der Waals surface area contributed by atoms with Crippen LogP contribution in [0.3, 0.4) is 0 Å². The molecule has 4 nitrogen and oxygen atoms in total. The van der Waals surface area contributed by atoms with Crippen molar-refractivity contribution in [3.8, 4) is 0 Å². The van der Waals surface area contributed by atoms with Gasteiger partial charge in [0.05, 0.1) is 38.1 Å². The highest BCUT2D eigenvalue weighted by atomic mass is 16.6. The summed E-state index contributed by atoms with van der Waals surface area (Å²) in [4.78, 5) is 0. The van der Waals surface area contributed by atoms with E-state index in [1.807, 2.05) is 23.0 Å². The molecule has 2 aromatic rings. The van der Waals surface area contributed by atoms with Crippen molar-refractivity contribution in [1.29, 1.82) is 0 Å². The predicted molar refractivity (Wildman–Crippen MR) is 60.3 cm³/mol. The summed E-state index contributed by atoms with van der Waals surface area (Å²) in [6.07, 6.45) is 2.01. The van der Waals surface area contributed by atoms with Gasteiger partial charge in [-0.25, -0.2) is 0 Å². The highest BCUT2D eigenvalue weighted by molar-refractivity contribution is 5.78. The van der Waals surface area contributed by atoms with Gasteiger partial charge < -0.3 is 9.47 Å². The van der Waals surface area contributed by atoms with Crippen LogP contribution in [0.1, 0.15) is 0 Å². The maximum absolute atomic E-state index is 5.61. The molecule has 3 rings (SSSR count). The van der Waals surface area contributed by atoms with Crippen LogP contribution in [0.5, 0.6) is 0 Å². The molecule has 2 heterocycles. The topological polar surface area (TPSA) is 36.3 Å². The molecular weight excluding hydrogens is 204 g/mol. The largest absolute Gasteiger partial charge is 0.376 e. The first kappa shape index (κ1) is 9.81. The molecule has 0 radical (unpaired) electrons. The summed E-state index contributed by atoms with van der Waals surface area (Å²) in [5.74, 6) is 0. The minimum Gasteiger partial charge on any atom is -0.376 e. The van der Waals surface area contributed by atoms with Crippen molar-refractivity contribution < 1.29 is 9.47 Å². The molecular formula is C12H14N2O2. The van der Waals surface area contributed by atoms with Gasteiger partial charge in [-0.2, -0.15) is 5.10 Å². The molecule has 1 atom stereocenters. The van der Waals surface area contributed by atoms with Gasteiger partial charge >= 0.3 is 0 Å². The Bertz CT molecular complexity index is 475. The fourth-order valence-corrected chi connectivity index (χ4v) is 2.01. The summed E-state index contributed by atoms with van der Waals surface area (Å²) in [7, 11) is 0. The van der Waals surface area contributed by atoms with Crippen LogP contribution in [0.2, 0.25) is 0 Å². The van der Waals surface area contributed by atoms with Gasteiger partial charge in [0, 0.05) is 5.39 Å². The number of hydrogen-bond donors (Lipinski definition) is 0. The Hall–Kier alpha value is -1.39. The third-order valence-electron chi connectivity index (χ3n) is 2.81. The lowest BCUT2D eigenvalue weighted by Gasteiger charge is -2.22. The van der Waals surface area contributed by atoms with Gasteiger partial charge in [0.15, 0.2) is 0 Å². The molecule has 1 fully saturated rings. The van der Waals surface area contributed by atoms with Crippen LogP contribution in [-0.4, -0.2) is 35.7 Å². The lowest BCUT2D eigenvalue weighted by atomic mass is 10.2. The molecule has 1 aliphatic heterocycles. The summed E-state index contributed by atoms with van der Waals surface area (Å²) in [6.45, 7) is 2.81. The molecule has 1 aromatic carbocycles. The van der Waals surface area contributed by atoms with Crippen LogP contribution < -0.4 is 0 Å². The van der Waals surface area contributed by atoms with E-state index >= 15 is 0 Å². The van der Waals surface area contributed by atoms with Gasteiger partial charge in [0.1, 0.15) is 6.10 Å². The lowest BCUT2D eigenvalue weighted by molar-refractivity contribution is -0.0942. The van der Waals surface area contributed by atoms with Gasteiger partial charge in [-0.15, -0.1) is 0 Å². The van der Waals surface area contributed by atoms with E-state index < -0.39 is 0 Å². The zero-order valence-electron chi connectivity index (χ0n) is 9.00. The van der Waals surface area contributed by atoms with Crippen LogP contribution in [0.25, 0.3) is 10.9 Å². The number of nitrogens with zero attached hydrogens (tertiary/aromatic N) is 2. The Morgan fingerprint density at radius 1 is 1.31 bits per heavy atom. The van der Waals surface area contributed by atoms with E-state index in [4.69, 9.17) is 9.47 Å². The summed E-state index contributed by atoms with van der Waals surface area (Å²) < 4.78 is 13.0. The number of ether oxygens (including phenoxy) is 2. The Morgan fingerprint density at radius 2 is 2.25 bits per heavy atom.